The van der Waals surface area contributed by atoms with Gasteiger partial charge in [-0.05, 0) is 47.5 Å². The first-order chi connectivity index (χ1) is 6.59. The summed E-state index contributed by atoms with van der Waals surface area (Å²) in [7, 11) is 0. The molecule has 2 aromatic rings. The summed E-state index contributed by atoms with van der Waals surface area (Å²) < 4.78 is 1.04. The van der Waals surface area contributed by atoms with E-state index >= 15 is 0 Å². The second-order valence-electron chi connectivity index (χ2n) is 3.24. The van der Waals surface area contributed by atoms with E-state index in [0.29, 0.717) is 11.5 Å². The number of aryl methyl sites for hydroxylation is 2. The molecule has 0 bridgehead atoms. The van der Waals surface area contributed by atoms with Crippen molar-refractivity contribution in [2.24, 2.45) is 0 Å². The van der Waals surface area contributed by atoms with Gasteiger partial charge in [-0.1, -0.05) is 0 Å². The van der Waals surface area contributed by atoms with Crippen LogP contribution in [0.15, 0.2) is 16.6 Å². The highest BCUT2D eigenvalue weighted by Gasteiger charge is 2.07. The van der Waals surface area contributed by atoms with E-state index in [0.717, 1.165) is 21.1 Å². The van der Waals surface area contributed by atoms with Gasteiger partial charge in [-0.15, -0.1) is 0 Å². The van der Waals surface area contributed by atoms with E-state index in [1.807, 2.05) is 19.9 Å². The van der Waals surface area contributed by atoms with E-state index < -0.39 is 0 Å². The van der Waals surface area contributed by atoms with Gasteiger partial charge in [0.15, 0.2) is 5.65 Å². The molecule has 2 N–H and O–H groups in total. The molecule has 0 spiro atoms. The summed E-state index contributed by atoms with van der Waals surface area (Å²) in [6, 6.07) is 3.74. The zero-order valence-corrected chi connectivity index (χ0v) is 9.59. The second kappa shape index (κ2) is 3.20. The van der Waals surface area contributed by atoms with Crippen LogP contribution in [0.3, 0.4) is 0 Å². The minimum atomic E-state index is 0.506. The third-order valence-electron chi connectivity index (χ3n) is 2.22. The molecule has 0 fully saturated rings. The van der Waals surface area contributed by atoms with Gasteiger partial charge >= 0.3 is 0 Å². The van der Waals surface area contributed by atoms with Crippen LogP contribution in [0.4, 0.5) is 5.82 Å². The van der Waals surface area contributed by atoms with Crippen LogP contribution in [0.5, 0.6) is 0 Å². The number of anilines is 1. The lowest BCUT2D eigenvalue weighted by Gasteiger charge is -2.06. The summed E-state index contributed by atoms with van der Waals surface area (Å²) in [5.41, 5.74) is 8.40. The van der Waals surface area contributed by atoms with Crippen LogP contribution in [-0.4, -0.2) is 9.97 Å². The van der Waals surface area contributed by atoms with E-state index in [9.17, 15) is 0 Å². The molecular formula is C10H10BrN3. The van der Waals surface area contributed by atoms with Crippen LogP contribution in [-0.2, 0) is 0 Å². The molecule has 2 rings (SSSR count). The number of rotatable bonds is 0. The SMILES string of the molecule is Cc1nc2nc(N)ccc2c(C)c1Br. The van der Waals surface area contributed by atoms with Crippen molar-refractivity contribution in [3.8, 4) is 0 Å². The first-order valence-electron chi connectivity index (χ1n) is 4.28. The van der Waals surface area contributed by atoms with Crippen molar-refractivity contribution < 1.29 is 0 Å². The van der Waals surface area contributed by atoms with Gasteiger partial charge < -0.3 is 5.73 Å². The molecule has 0 aliphatic carbocycles. The molecule has 0 aliphatic rings. The second-order valence-corrected chi connectivity index (χ2v) is 4.04. The Morgan fingerprint density at radius 2 is 1.93 bits per heavy atom. The average Bonchev–Trinajstić information content (AvgIpc) is 2.14. The highest BCUT2D eigenvalue weighted by atomic mass is 79.9. The lowest BCUT2D eigenvalue weighted by atomic mass is 10.1. The summed E-state index contributed by atoms with van der Waals surface area (Å²) in [4.78, 5) is 8.54. The van der Waals surface area contributed by atoms with Crippen LogP contribution < -0.4 is 5.73 Å². The van der Waals surface area contributed by atoms with Gasteiger partial charge in [-0.2, -0.15) is 0 Å². The Bertz CT molecular complexity index is 508. The number of nitrogens with zero attached hydrogens (tertiary/aromatic N) is 2. The number of hydrogen-bond acceptors (Lipinski definition) is 3. The van der Waals surface area contributed by atoms with Gasteiger partial charge in [0.2, 0.25) is 0 Å². The lowest BCUT2D eigenvalue weighted by molar-refractivity contribution is 1.17. The van der Waals surface area contributed by atoms with Crippen molar-refractivity contribution in [3.63, 3.8) is 0 Å². The Morgan fingerprint density at radius 3 is 2.64 bits per heavy atom. The maximum atomic E-state index is 5.60. The molecule has 2 heterocycles. The van der Waals surface area contributed by atoms with Gasteiger partial charge in [0.1, 0.15) is 5.82 Å². The topological polar surface area (TPSA) is 51.8 Å². The monoisotopic (exact) mass is 251 g/mol. The molecule has 72 valence electrons. The Morgan fingerprint density at radius 1 is 1.21 bits per heavy atom. The largest absolute Gasteiger partial charge is 0.384 e. The summed E-state index contributed by atoms with van der Waals surface area (Å²) >= 11 is 3.50. The smallest absolute Gasteiger partial charge is 0.162 e. The number of hydrogen-bond donors (Lipinski definition) is 1. The van der Waals surface area contributed by atoms with Gasteiger partial charge in [0.25, 0.3) is 0 Å². The fourth-order valence-electron chi connectivity index (χ4n) is 1.44. The van der Waals surface area contributed by atoms with Crippen molar-refractivity contribution in [3.05, 3.63) is 27.9 Å². The molecule has 0 unspecified atom stereocenters. The molecule has 3 nitrogen and oxygen atoms in total. The number of nitrogen functional groups attached to an aromatic ring is 1. The first kappa shape index (κ1) is 9.40. The fourth-order valence-corrected chi connectivity index (χ4v) is 1.74. The number of pyridine rings is 2. The third-order valence-corrected chi connectivity index (χ3v) is 3.39. The number of aromatic nitrogens is 2. The highest BCUT2D eigenvalue weighted by molar-refractivity contribution is 9.10. The van der Waals surface area contributed by atoms with Gasteiger partial charge in [0.05, 0.1) is 5.69 Å². The van der Waals surface area contributed by atoms with E-state index in [1.165, 1.54) is 0 Å². The Hall–Kier alpha value is -1.16. The maximum absolute atomic E-state index is 5.60. The number of fused-ring (bicyclic) bond motifs is 1. The van der Waals surface area contributed by atoms with E-state index in [2.05, 4.69) is 25.9 Å². The van der Waals surface area contributed by atoms with Crippen LogP contribution in [0.2, 0.25) is 0 Å². The number of nitrogens with two attached hydrogens (primary N) is 1. The molecule has 0 aliphatic heterocycles. The highest BCUT2D eigenvalue weighted by Crippen LogP contribution is 2.26. The van der Waals surface area contributed by atoms with Crippen molar-refractivity contribution in [2.75, 3.05) is 5.73 Å². The van der Waals surface area contributed by atoms with Crippen LogP contribution in [0.25, 0.3) is 11.0 Å². The molecular weight excluding hydrogens is 242 g/mol. The summed E-state index contributed by atoms with van der Waals surface area (Å²) in [5.74, 6) is 0.506. The average molecular weight is 252 g/mol. The van der Waals surface area contributed by atoms with Crippen molar-refractivity contribution in [1.82, 2.24) is 9.97 Å². The molecule has 0 saturated carbocycles. The van der Waals surface area contributed by atoms with Gasteiger partial charge in [-0.25, -0.2) is 9.97 Å². The van der Waals surface area contributed by atoms with Crippen molar-refractivity contribution in [2.45, 2.75) is 13.8 Å². The van der Waals surface area contributed by atoms with E-state index in [4.69, 9.17) is 5.73 Å². The molecule has 2 aromatic heterocycles. The zero-order chi connectivity index (χ0) is 10.3. The lowest BCUT2D eigenvalue weighted by Crippen LogP contribution is -1.96. The Balaban J connectivity index is 2.91. The molecule has 0 aromatic carbocycles. The normalized spacial score (nSPS) is 10.8. The molecule has 0 saturated heterocycles. The number of halogens is 1. The van der Waals surface area contributed by atoms with Crippen molar-refractivity contribution >= 4 is 32.8 Å². The van der Waals surface area contributed by atoms with Crippen LogP contribution in [0, 0.1) is 13.8 Å². The minimum absolute atomic E-state index is 0.506. The standard InChI is InChI=1S/C10H10BrN3/c1-5-7-3-4-8(12)14-10(7)13-6(2)9(5)11/h3-4H,1-2H3,(H2,12,13,14). The Labute approximate surface area is 90.5 Å². The third kappa shape index (κ3) is 1.35. The van der Waals surface area contributed by atoms with Crippen molar-refractivity contribution in [1.29, 1.82) is 0 Å². The molecule has 0 atom stereocenters. The summed E-state index contributed by atoms with van der Waals surface area (Å²) in [6.45, 7) is 3.99. The fraction of sp³-hybridized carbons (Fsp3) is 0.200. The molecule has 0 amide bonds. The molecule has 14 heavy (non-hydrogen) atoms. The van der Waals surface area contributed by atoms with E-state index in [1.54, 1.807) is 6.07 Å². The minimum Gasteiger partial charge on any atom is -0.384 e. The molecule has 4 heteroatoms. The summed E-state index contributed by atoms with van der Waals surface area (Å²) in [5, 5.41) is 1.04. The Kier molecular flexibility index (Phi) is 2.15. The van der Waals surface area contributed by atoms with E-state index in [-0.39, 0.29) is 0 Å². The maximum Gasteiger partial charge on any atom is 0.162 e. The van der Waals surface area contributed by atoms with Crippen LogP contribution in [0.1, 0.15) is 11.3 Å². The predicted octanol–water partition coefficient (Wildman–Crippen LogP) is 2.59. The summed E-state index contributed by atoms with van der Waals surface area (Å²) in [6.07, 6.45) is 0. The quantitative estimate of drug-likeness (QED) is 0.783. The zero-order valence-electron chi connectivity index (χ0n) is 8.00. The molecule has 0 radical (unpaired) electrons. The predicted molar refractivity (Wildman–Crippen MR) is 61.1 cm³/mol. The van der Waals surface area contributed by atoms with Gasteiger partial charge in [0, 0.05) is 9.86 Å². The first-order valence-corrected chi connectivity index (χ1v) is 5.08. The van der Waals surface area contributed by atoms with Crippen LogP contribution >= 0.6 is 15.9 Å². The van der Waals surface area contributed by atoms with Gasteiger partial charge in [-0.3, -0.25) is 0 Å².